The van der Waals surface area contributed by atoms with Gasteiger partial charge in [-0.1, -0.05) is 48.0 Å². The summed E-state index contributed by atoms with van der Waals surface area (Å²) in [7, 11) is 0. The van der Waals surface area contributed by atoms with Crippen LogP contribution >= 0.6 is 0 Å². The first-order valence-electron chi connectivity index (χ1n) is 27.6. The number of aliphatic hydroxyl groups is 2. The third-order valence-corrected chi connectivity index (χ3v) is 12.8. The number of nitrogens with zero attached hydrogens (tertiary/aromatic N) is 1. The van der Waals surface area contributed by atoms with Gasteiger partial charge in [-0.05, 0) is 115 Å². The molecule has 0 radical (unpaired) electrons. The first kappa shape index (κ1) is 74.2. The van der Waals surface area contributed by atoms with Crippen LogP contribution in [0, 0.1) is 17.8 Å². The van der Waals surface area contributed by atoms with E-state index in [1.54, 1.807) is 41.5 Å². The molecule has 464 valence electrons. The maximum absolute atomic E-state index is 14.3. The average Bonchev–Trinajstić information content (AvgIpc) is 3.39. The number of hydrogen-bond donors (Lipinski definition) is 18. The van der Waals surface area contributed by atoms with Crippen molar-refractivity contribution >= 4 is 71.1 Å². The Bertz CT molecular complexity index is 2080. The fourth-order valence-electron chi connectivity index (χ4n) is 7.95. The van der Waals surface area contributed by atoms with Gasteiger partial charge in [0.25, 0.3) is 0 Å². The van der Waals surface area contributed by atoms with Crippen LogP contribution in [0.4, 0.5) is 0 Å². The molecule has 0 rings (SSSR count). The number of aliphatic imine (C=N–C) groups is 1. The van der Waals surface area contributed by atoms with Crippen molar-refractivity contribution in [1.29, 1.82) is 0 Å². The van der Waals surface area contributed by atoms with Crippen molar-refractivity contribution < 1.29 is 73.2 Å². The maximum Gasteiger partial charge on any atom is 0.326 e. The second-order valence-electron chi connectivity index (χ2n) is 21.0. The largest absolute Gasteiger partial charge is 0.481 e. The van der Waals surface area contributed by atoms with Crippen molar-refractivity contribution in [3.63, 3.8) is 0 Å². The van der Waals surface area contributed by atoms with Crippen LogP contribution in [0.2, 0.25) is 0 Å². The van der Waals surface area contributed by atoms with Crippen LogP contribution in [0.3, 0.4) is 0 Å². The first-order chi connectivity index (χ1) is 37.9. The van der Waals surface area contributed by atoms with Crippen molar-refractivity contribution in [3.8, 4) is 0 Å². The number of guanidine groups is 1. The van der Waals surface area contributed by atoms with Gasteiger partial charge in [0.15, 0.2) is 5.96 Å². The van der Waals surface area contributed by atoms with E-state index in [0.29, 0.717) is 38.6 Å². The fraction of sp³-hybridized carbons (Fsp3) is 0.765. The van der Waals surface area contributed by atoms with Gasteiger partial charge >= 0.3 is 11.9 Å². The van der Waals surface area contributed by atoms with Gasteiger partial charge in [0.05, 0.1) is 12.7 Å². The first-order valence-corrected chi connectivity index (χ1v) is 27.6. The molecule has 0 spiro atoms. The molecule has 0 fully saturated rings. The summed E-state index contributed by atoms with van der Waals surface area (Å²) in [6, 6.07) is -14.1. The fourth-order valence-corrected chi connectivity index (χ4v) is 7.95. The lowest BCUT2D eigenvalue weighted by Crippen LogP contribution is -2.62. The Hall–Kier alpha value is -6.76. The molecule has 0 unspecified atom stereocenters. The molecular formula is C51H95N15O15. The van der Waals surface area contributed by atoms with E-state index in [9.17, 15) is 73.2 Å². The van der Waals surface area contributed by atoms with E-state index >= 15 is 0 Å². The summed E-state index contributed by atoms with van der Waals surface area (Å²) in [5.74, 6) is -12.2. The molecule has 9 amide bonds. The number of carboxylic acid groups (broad SMARTS) is 2. The minimum atomic E-state index is -1.85. The van der Waals surface area contributed by atoms with Gasteiger partial charge in [0.2, 0.25) is 53.2 Å². The van der Waals surface area contributed by atoms with Crippen LogP contribution in [-0.4, -0.2) is 184 Å². The summed E-state index contributed by atoms with van der Waals surface area (Å²) < 4.78 is 0. The number of amides is 9. The topological polar surface area (TPSA) is 519 Å². The molecule has 23 N–H and O–H groups in total. The van der Waals surface area contributed by atoms with Gasteiger partial charge in [-0.2, -0.15) is 0 Å². The highest BCUT2D eigenvalue weighted by Crippen LogP contribution is 2.14. The van der Waals surface area contributed by atoms with Crippen LogP contribution in [0.25, 0.3) is 0 Å². The Morgan fingerprint density at radius 3 is 1.33 bits per heavy atom. The zero-order valence-electron chi connectivity index (χ0n) is 48.2. The van der Waals surface area contributed by atoms with E-state index in [1.807, 2.05) is 0 Å². The molecule has 0 aromatic heterocycles. The number of hydrogen-bond acceptors (Lipinski definition) is 17. The normalized spacial score (nSPS) is 15.7. The van der Waals surface area contributed by atoms with E-state index < -0.39 is 157 Å². The van der Waals surface area contributed by atoms with Crippen LogP contribution in [0.1, 0.15) is 139 Å². The number of nitrogens with one attached hydrogen (secondary N) is 9. The molecule has 0 aromatic carbocycles. The van der Waals surface area contributed by atoms with Gasteiger partial charge in [-0.15, -0.1) is 0 Å². The molecule has 0 saturated carbocycles. The van der Waals surface area contributed by atoms with Crippen molar-refractivity contribution in [1.82, 2.24) is 47.9 Å². The van der Waals surface area contributed by atoms with Crippen molar-refractivity contribution in [2.24, 2.45) is 51.4 Å². The second kappa shape index (κ2) is 39.6. The van der Waals surface area contributed by atoms with Gasteiger partial charge < -0.3 is 96.9 Å². The summed E-state index contributed by atoms with van der Waals surface area (Å²) in [5, 5.41) is 62.1. The van der Waals surface area contributed by atoms with Crippen LogP contribution in [0.15, 0.2) is 4.99 Å². The molecular weight excluding hydrogens is 1060 g/mol. The Labute approximate surface area is 473 Å². The van der Waals surface area contributed by atoms with Crippen molar-refractivity contribution in [2.45, 2.75) is 205 Å². The molecule has 30 heteroatoms. The number of nitrogens with two attached hydrogens (primary N) is 5. The monoisotopic (exact) mass is 1160 g/mol. The molecule has 0 aliphatic carbocycles. The molecule has 0 aliphatic rings. The van der Waals surface area contributed by atoms with Crippen LogP contribution in [-0.2, 0) is 52.7 Å². The van der Waals surface area contributed by atoms with Crippen LogP contribution < -0.4 is 76.5 Å². The van der Waals surface area contributed by atoms with Crippen LogP contribution in [0.5, 0.6) is 0 Å². The van der Waals surface area contributed by atoms with Gasteiger partial charge in [-0.3, -0.25) is 52.9 Å². The minimum Gasteiger partial charge on any atom is -0.481 e. The number of unbranched alkanes of at least 4 members (excludes halogenated alkanes) is 2. The number of aliphatic hydroxyl groups excluding tert-OH is 2. The van der Waals surface area contributed by atoms with Gasteiger partial charge in [0, 0.05) is 13.0 Å². The molecule has 30 nitrogen and oxygen atoms in total. The number of rotatable bonds is 42. The van der Waals surface area contributed by atoms with Crippen molar-refractivity contribution in [3.05, 3.63) is 0 Å². The third-order valence-electron chi connectivity index (χ3n) is 12.8. The summed E-state index contributed by atoms with van der Waals surface area (Å²) in [4.78, 5) is 151. The van der Waals surface area contributed by atoms with E-state index in [0.717, 1.165) is 6.92 Å². The summed E-state index contributed by atoms with van der Waals surface area (Å²) in [6.07, 6.45) is -0.647. The van der Waals surface area contributed by atoms with E-state index in [-0.39, 0.29) is 69.4 Å². The predicted molar refractivity (Wildman–Crippen MR) is 298 cm³/mol. The molecule has 0 bridgehead atoms. The minimum absolute atomic E-state index is 0.00822. The molecule has 0 aliphatic heterocycles. The molecule has 0 saturated heterocycles. The van der Waals surface area contributed by atoms with Gasteiger partial charge in [-0.25, -0.2) is 4.79 Å². The number of carbonyl (C=O) groups is 11. The Morgan fingerprint density at radius 1 is 0.481 bits per heavy atom. The molecule has 0 aromatic rings. The highest BCUT2D eigenvalue weighted by Gasteiger charge is 2.37. The predicted octanol–water partition coefficient (Wildman–Crippen LogP) is -4.53. The lowest BCUT2D eigenvalue weighted by molar-refractivity contribution is -0.142. The zero-order valence-corrected chi connectivity index (χ0v) is 48.2. The SMILES string of the molecule is CC[C@H](C)[C@H](NC(=O)[C@H](CCCCN)NC(=O)[C@@H](N)CO)C(=O)N[C@@H](CCC(=O)O)C(=O)N[C@H](C(=O)N[C@@H](CC(C)C)C(=O)N[C@@H](CCCN=C(N)N)C(=O)N[C@@H](CC(C)C)C(=O)N[C@@H](C)C(=O)N[C@@H](CCCCN)C(=O)O)[C@@H](C)O. The lowest BCUT2D eigenvalue weighted by Gasteiger charge is -2.30. The van der Waals surface area contributed by atoms with E-state index in [2.05, 4.69) is 52.8 Å². The smallest absolute Gasteiger partial charge is 0.326 e. The Balaban J connectivity index is 6.82. The number of aliphatic carboxylic acids is 2. The third kappa shape index (κ3) is 30.0. The zero-order chi connectivity index (χ0) is 62.1. The Kier molecular flexibility index (Phi) is 36.3. The van der Waals surface area contributed by atoms with Gasteiger partial charge in [0.1, 0.15) is 60.4 Å². The summed E-state index contributed by atoms with van der Waals surface area (Å²) >= 11 is 0. The number of carbonyl (C=O) groups excluding carboxylic acids is 9. The lowest BCUT2D eigenvalue weighted by atomic mass is 9.96. The molecule has 81 heavy (non-hydrogen) atoms. The quantitative estimate of drug-likeness (QED) is 0.0156. The standard InChI is InChI=1S/C51H95N15O15/c1-9-28(6)39(65-44(74)32(15-10-12-20-52)59-42(72)31(54)25-67)48(78)61-34(18-19-38(69)70)45(75)66-40(30(8)68)49(79)64-37(24-27(4)5)47(77)60-33(17-14-22-57-51(55)56)43(73)63-36(23-26(2)3)46(76)58-29(7)41(71)62-35(50(80)81)16-11-13-21-53/h26-37,39-40,67-68H,9-25,52-54H2,1-8H3,(H,58,76)(H,59,72)(H,60,77)(H,61,78)(H,62,71)(H,63,73)(H,64,79)(H,65,74)(H,66,75)(H,69,70)(H,80,81)(H4,55,56,57)/t28-,29-,30+,31-,32-,33-,34-,35-,36-,37-,39-,40-/m0/s1. The Morgan fingerprint density at radius 2 is 0.877 bits per heavy atom. The second-order valence-corrected chi connectivity index (χ2v) is 21.0. The van der Waals surface area contributed by atoms with E-state index in [4.69, 9.17) is 28.7 Å². The highest BCUT2D eigenvalue weighted by atomic mass is 16.4. The molecule has 0 heterocycles. The summed E-state index contributed by atoms with van der Waals surface area (Å²) in [5.41, 5.74) is 27.8. The van der Waals surface area contributed by atoms with E-state index in [1.165, 1.54) is 6.92 Å². The van der Waals surface area contributed by atoms with Crippen molar-refractivity contribution in [2.75, 3.05) is 26.2 Å². The number of carboxylic acids is 2. The summed E-state index contributed by atoms with van der Waals surface area (Å²) in [6.45, 7) is 12.7. The highest BCUT2D eigenvalue weighted by molar-refractivity contribution is 5.98. The molecule has 12 atom stereocenters. The maximum atomic E-state index is 14.3. The average molecular weight is 1160 g/mol.